The molecule has 0 aliphatic rings. The second-order valence-corrected chi connectivity index (χ2v) is 16.0. The molecule has 0 radical (unpaired) electrons. The first-order chi connectivity index (χ1) is 28.0. The molecule has 0 aliphatic carbocycles. The lowest BCUT2D eigenvalue weighted by molar-refractivity contribution is -0.131. The lowest BCUT2D eigenvalue weighted by atomic mass is 9.80. The molecular formula is C47H60N3O7P. The van der Waals surface area contributed by atoms with Crippen molar-refractivity contribution >= 4 is 26.0 Å². The van der Waals surface area contributed by atoms with Crippen molar-refractivity contribution in [1.29, 1.82) is 0 Å². The highest BCUT2D eigenvalue weighted by Gasteiger charge is 2.37. The van der Waals surface area contributed by atoms with Gasteiger partial charge in [-0.15, -0.1) is 6.42 Å². The number of aromatic hydroxyl groups is 1. The van der Waals surface area contributed by atoms with Crippen LogP contribution in [0.4, 0.5) is 5.69 Å². The number of carbonyl (C=O) groups is 2. The number of methoxy groups -OCH3 is 1. The van der Waals surface area contributed by atoms with Crippen LogP contribution in [0.2, 0.25) is 0 Å². The van der Waals surface area contributed by atoms with E-state index in [0.717, 1.165) is 28.0 Å². The number of carbonyl (C=O) groups excluding carboxylic acids is 2. The number of terminal acetylenes is 1. The average molecular weight is 810 g/mol. The first kappa shape index (κ1) is 45.9. The molecule has 0 aliphatic heterocycles. The number of unbranched alkanes of at least 4 members (excludes halogenated alkanes) is 2. The highest BCUT2D eigenvalue weighted by Crippen LogP contribution is 2.42. The van der Waals surface area contributed by atoms with E-state index >= 15 is 0 Å². The SMILES string of the molecule is C#Cc1ccc(NC(=O)CCCC(=O)N(CCCCOP(O)N(C(C)C)C(C)C)CCCCOC(c2ccccc2)(c2ccc(O)cc2)c2ccc(OC)cc2)cc1. The third kappa shape index (κ3) is 13.4. The summed E-state index contributed by atoms with van der Waals surface area (Å²) in [5.41, 5.74) is 3.13. The molecule has 310 valence electrons. The zero-order valence-corrected chi connectivity index (χ0v) is 35.5. The van der Waals surface area contributed by atoms with Gasteiger partial charge in [-0.2, -0.15) is 0 Å². The van der Waals surface area contributed by atoms with Crippen molar-refractivity contribution in [2.75, 3.05) is 38.7 Å². The summed E-state index contributed by atoms with van der Waals surface area (Å²) in [5, 5.41) is 13.1. The minimum Gasteiger partial charge on any atom is -0.508 e. The number of hydrogen-bond donors (Lipinski definition) is 3. The minimum atomic E-state index is -1.71. The largest absolute Gasteiger partial charge is 0.508 e. The van der Waals surface area contributed by atoms with E-state index in [1.54, 1.807) is 43.5 Å². The van der Waals surface area contributed by atoms with Crippen LogP contribution in [-0.4, -0.2) is 76.9 Å². The van der Waals surface area contributed by atoms with Gasteiger partial charge >= 0.3 is 0 Å². The topological polar surface area (TPSA) is 121 Å². The number of benzene rings is 4. The number of nitrogens with zero attached hydrogens (tertiary/aromatic N) is 2. The van der Waals surface area contributed by atoms with Crippen LogP contribution in [0.25, 0.3) is 0 Å². The molecule has 2 amide bonds. The molecule has 0 heterocycles. The van der Waals surface area contributed by atoms with E-state index in [1.165, 1.54) is 0 Å². The van der Waals surface area contributed by atoms with Crippen LogP contribution in [0, 0.1) is 12.3 Å². The first-order valence-corrected chi connectivity index (χ1v) is 21.3. The lowest BCUT2D eigenvalue weighted by Crippen LogP contribution is -2.34. The average Bonchev–Trinajstić information content (AvgIpc) is 3.22. The van der Waals surface area contributed by atoms with E-state index in [1.807, 2.05) is 104 Å². The Balaban J connectivity index is 1.41. The van der Waals surface area contributed by atoms with E-state index in [4.69, 9.17) is 20.4 Å². The molecule has 0 saturated carbocycles. The smallest absolute Gasteiger partial charge is 0.256 e. The lowest BCUT2D eigenvalue weighted by Gasteiger charge is -2.36. The molecule has 0 spiro atoms. The van der Waals surface area contributed by atoms with Gasteiger partial charge in [0.05, 0.1) is 13.7 Å². The number of amides is 2. The Morgan fingerprint density at radius 1 is 0.759 bits per heavy atom. The van der Waals surface area contributed by atoms with Gasteiger partial charge in [0.25, 0.3) is 8.53 Å². The number of hydrogen-bond acceptors (Lipinski definition) is 8. The van der Waals surface area contributed by atoms with E-state index in [2.05, 4.69) is 11.2 Å². The molecule has 3 N–H and O–H groups in total. The Kier molecular flexibility index (Phi) is 18.7. The van der Waals surface area contributed by atoms with Gasteiger partial charge in [-0.25, -0.2) is 4.67 Å². The Hall–Kier alpha value is -4.75. The Labute approximate surface area is 346 Å². The Morgan fingerprint density at radius 2 is 1.33 bits per heavy atom. The summed E-state index contributed by atoms with van der Waals surface area (Å²) < 4.78 is 20.2. The predicted molar refractivity (Wildman–Crippen MR) is 232 cm³/mol. The molecule has 58 heavy (non-hydrogen) atoms. The van der Waals surface area contributed by atoms with Crippen LogP contribution in [0.5, 0.6) is 11.5 Å². The number of anilines is 1. The maximum atomic E-state index is 13.7. The van der Waals surface area contributed by atoms with Crippen LogP contribution in [0.1, 0.15) is 94.9 Å². The van der Waals surface area contributed by atoms with E-state index in [0.29, 0.717) is 64.1 Å². The van der Waals surface area contributed by atoms with Gasteiger partial charge in [-0.3, -0.25) is 9.59 Å². The minimum absolute atomic E-state index is 0.0100. The number of rotatable bonds is 24. The van der Waals surface area contributed by atoms with Gasteiger partial charge < -0.3 is 34.2 Å². The molecule has 2 atom stereocenters. The molecule has 11 heteroatoms. The van der Waals surface area contributed by atoms with Gasteiger partial charge in [0.2, 0.25) is 11.8 Å². The monoisotopic (exact) mass is 809 g/mol. The van der Waals surface area contributed by atoms with Crippen LogP contribution in [-0.2, 0) is 24.5 Å². The van der Waals surface area contributed by atoms with Crippen molar-refractivity contribution in [2.45, 2.75) is 90.3 Å². The fraction of sp³-hybridized carbons (Fsp3) is 0.404. The van der Waals surface area contributed by atoms with Crippen molar-refractivity contribution in [3.8, 4) is 23.8 Å². The van der Waals surface area contributed by atoms with Gasteiger partial charge in [0.15, 0.2) is 0 Å². The Morgan fingerprint density at radius 3 is 1.90 bits per heavy atom. The van der Waals surface area contributed by atoms with Crippen LogP contribution in [0.3, 0.4) is 0 Å². The molecule has 2 unspecified atom stereocenters. The van der Waals surface area contributed by atoms with Gasteiger partial charge in [-0.05, 0) is 125 Å². The van der Waals surface area contributed by atoms with E-state index < -0.39 is 14.1 Å². The summed E-state index contributed by atoms with van der Waals surface area (Å²) in [7, 11) is -0.0726. The highest BCUT2D eigenvalue weighted by atomic mass is 31.2. The van der Waals surface area contributed by atoms with E-state index in [9.17, 15) is 19.6 Å². The third-order valence-corrected chi connectivity index (χ3v) is 11.6. The van der Waals surface area contributed by atoms with E-state index in [-0.39, 0.29) is 42.5 Å². The second kappa shape index (κ2) is 23.6. The van der Waals surface area contributed by atoms with Gasteiger partial charge in [0.1, 0.15) is 17.1 Å². The van der Waals surface area contributed by atoms with Crippen LogP contribution in [0.15, 0.2) is 103 Å². The summed E-state index contributed by atoms with van der Waals surface area (Å²) >= 11 is 0. The summed E-state index contributed by atoms with van der Waals surface area (Å²) in [6.45, 7) is 10.0. The Bertz CT molecular complexity index is 1860. The number of ether oxygens (including phenoxy) is 2. The molecule has 0 saturated heterocycles. The fourth-order valence-corrected chi connectivity index (χ4v) is 8.19. The quantitative estimate of drug-likeness (QED) is 0.0278. The van der Waals surface area contributed by atoms with Gasteiger partial charge in [0, 0.05) is 55.9 Å². The zero-order chi connectivity index (χ0) is 41.9. The molecule has 0 fully saturated rings. The standard InChI is InChI=1S/C47H60N3O7P/c1-7-38-20-26-42(27-21-38)48-45(52)18-15-19-46(53)49(33-12-14-35-57-58(54)50(36(2)3)37(4)5)32-11-13-34-56-47(39-16-9-8-10-17-39,40-22-28-43(51)29-23-40)41-24-30-44(55-6)31-25-41/h1,8-10,16-17,20-31,36-37,51,54H,11-15,18-19,32-35H2,2-6H3,(H,48,52). The zero-order valence-electron chi connectivity index (χ0n) is 34.6. The molecule has 0 bridgehead atoms. The number of nitrogens with one attached hydrogen (secondary N) is 1. The second-order valence-electron chi connectivity index (χ2n) is 14.7. The predicted octanol–water partition coefficient (Wildman–Crippen LogP) is 9.24. The first-order valence-electron chi connectivity index (χ1n) is 20.2. The molecule has 0 aromatic heterocycles. The normalized spacial score (nSPS) is 12.9. The van der Waals surface area contributed by atoms with Crippen molar-refractivity contribution in [2.24, 2.45) is 0 Å². The summed E-state index contributed by atoms with van der Waals surface area (Å²) in [5.74, 6) is 3.29. The summed E-state index contributed by atoms with van der Waals surface area (Å²) in [6.07, 6.45) is 9.07. The highest BCUT2D eigenvalue weighted by molar-refractivity contribution is 7.43. The van der Waals surface area contributed by atoms with Crippen LogP contribution >= 0.6 is 8.53 Å². The molecule has 4 rings (SSSR count). The van der Waals surface area contributed by atoms with Crippen molar-refractivity contribution in [1.82, 2.24) is 9.57 Å². The molecular weight excluding hydrogens is 750 g/mol. The fourth-order valence-electron chi connectivity index (χ4n) is 6.98. The number of phenolic OH excluding ortho intramolecular Hbond substituents is 1. The maximum absolute atomic E-state index is 13.7. The maximum Gasteiger partial charge on any atom is 0.256 e. The number of phenols is 1. The van der Waals surface area contributed by atoms with Gasteiger partial charge in [-0.1, -0.05) is 60.5 Å². The summed E-state index contributed by atoms with van der Waals surface area (Å²) in [6, 6.07) is 32.3. The molecule has 4 aromatic rings. The molecule has 10 nitrogen and oxygen atoms in total. The molecule has 4 aromatic carbocycles. The van der Waals surface area contributed by atoms with Crippen LogP contribution < -0.4 is 10.1 Å². The third-order valence-electron chi connectivity index (χ3n) is 9.86. The van der Waals surface area contributed by atoms with Crippen molar-refractivity contribution in [3.63, 3.8) is 0 Å². The summed E-state index contributed by atoms with van der Waals surface area (Å²) in [4.78, 5) is 38.9. The van der Waals surface area contributed by atoms with Crippen molar-refractivity contribution < 1.29 is 33.6 Å². The van der Waals surface area contributed by atoms with Crippen molar-refractivity contribution in [3.05, 3.63) is 125 Å².